The van der Waals surface area contributed by atoms with Crippen LogP contribution in [0.25, 0.3) is 0 Å². The molecule has 0 aliphatic heterocycles. The first-order chi connectivity index (χ1) is 6.70. The topological polar surface area (TPSA) is 35.5 Å². The Bertz CT molecular complexity index is 341. The van der Waals surface area contributed by atoms with Gasteiger partial charge in [0.1, 0.15) is 11.6 Å². The summed E-state index contributed by atoms with van der Waals surface area (Å²) in [6, 6.07) is 2.45. The predicted molar refractivity (Wildman–Crippen MR) is 49.3 cm³/mol. The minimum atomic E-state index is -0.654. The molecular weight excluding hydrogens is 211 g/mol. The molecule has 0 amide bonds. The second kappa shape index (κ2) is 4.93. The number of benzene rings is 1. The fourth-order valence-electron chi connectivity index (χ4n) is 0.907. The third kappa shape index (κ3) is 2.21. The SMILES string of the molecule is COCOc1ccc(F)c(Cl)c1C=O. The number of carbonyl (C=O) groups is 1. The number of rotatable bonds is 4. The van der Waals surface area contributed by atoms with Crippen LogP contribution in [0.1, 0.15) is 10.4 Å². The van der Waals surface area contributed by atoms with Crippen LogP contribution in [0.4, 0.5) is 4.39 Å². The van der Waals surface area contributed by atoms with E-state index in [1.165, 1.54) is 13.2 Å². The zero-order valence-electron chi connectivity index (χ0n) is 7.42. The zero-order valence-corrected chi connectivity index (χ0v) is 8.18. The van der Waals surface area contributed by atoms with Crippen LogP contribution in [0.15, 0.2) is 12.1 Å². The highest BCUT2D eigenvalue weighted by Gasteiger charge is 2.11. The molecule has 0 aliphatic rings. The summed E-state index contributed by atoms with van der Waals surface area (Å²) >= 11 is 5.55. The van der Waals surface area contributed by atoms with Crippen molar-refractivity contribution >= 4 is 17.9 Å². The van der Waals surface area contributed by atoms with Crippen LogP contribution < -0.4 is 4.74 Å². The minimum Gasteiger partial charge on any atom is -0.467 e. The Morgan fingerprint density at radius 3 is 2.86 bits per heavy atom. The van der Waals surface area contributed by atoms with Crippen LogP contribution in [0.5, 0.6) is 5.75 Å². The van der Waals surface area contributed by atoms with Crippen LogP contribution in [0.2, 0.25) is 5.02 Å². The molecule has 0 aromatic heterocycles. The van der Waals surface area contributed by atoms with Gasteiger partial charge in [-0.3, -0.25) is 4.79 Å². The maximum Gasteiger partial charge on any atom is 0.188 e. The monoisotopic (exact) mass is 218 g/mol. The lowest BCUT2D eigenvalue weighted by Gasteiger charge is -2.08. The van der Waals surface area contributed by atoms with Crippen LogP contribution in [0, 0.1) is 5.82 Å². The third-order valence-corrected chi connectivity index (χ3v) is 1.93. The van der Waals surface area contributed by atoms with Gasteiger partial charge in [0, 0.05) is 7.11 Å². The Balaban J connectivity index is 3.04. The summed E-state index contributed by atoms with van der Waals surface area (Å²) in [4.78, 5) is 10.6. The Morgan fingerprint density at radius 2 is 2.29 bits per heavy atom. The summed E-state index contributed by atoms with van der Waals surface area (Å²) < 4.78 is 22.5. The summed E-state index contributed by atoms with van der Waals surface area (Å²) in [7, 11) is 1.44. The minimum absolute atomic E-state index is 0.0104. The van der Waals surface area contributed by atoms with Crippen molar-refractivity contribution in [2.24, 2.45) is 0 Å². The number of ether oxygens (including phenoxy) is 2. The van der Waals surface area contributed by atoms with Crippen LogP contribution in [-0.4, -0.2) is 20.2 Å². The first-order valence-electron chi connectivity index (χ1n) is 3.75. The van der Waals surface area contributed by atoms with Gasteiger partial charge >= 0.3 is 0 Å². The van der Waals surface area contributed by atoms with Gasteiger partial charge in [-0.2, -0.15) is 0 Å². The van der Waals surface area contributed by atoms with Crippen LogP contribution in [0.3, 0.4) is 0 Å². The van der Waals surface area contributed by atoms with E-state index < -0.39 is 5.82 Å². The molecule has 0 atom stereocenters. The highest BCUT2D eigenvalue weighted by molar-refractivity contribution is 6.33. The highest BCUT2D eigenvalue weighted by atomic mass is 35.5. The molecular formula is C9H8ClFO3. The maximum absolute atomic E-state index is 12.9. The van der Waals surface area contributed by atoms with E-state index in [4.69, 9.17) is 16.3 Å². The molecule has 0 unspecified atom stereocenters. The second-order valence-electron chi connectivity index (χ2n) is 2.44. The molecule has 0 fully saturated rings. The van der Waals surface area contributed by atoms with Gasteiger partial charge in [0.15, 0.2) is 13.1 Å². The molecule has 1 aromatic carbocycles. The molecule has 0 heterocycles. The summed E-state index contributed by atoms with van der Waals surface area (Å²) in [6.07, 6.45) is 0.441. The van der Waals surface area contributed by atoms with Gasteiger partial charge in [0.25, 0.3) is 0 Å². The number of carbonyl (C=O) groups excluding carboxylic acids is 1. The summed E-state index contributed by atoms with van der Waals surface area (Å²) in [5, 5.41) is -0.242. The van der Waals surface area contributed by atoms with Crippen molar-refractivity contribution in [3.05, 3.63) is 28.5 Å². The van der Waals surface area contributed by atoms with E-state index in [2.05, 4.69) is 4.74 Å². The van der Waals surface area contributed by atoms with E-state index in [-0.39, 0.29) is 23.1 Å². The largest absolute Gasteiger partial charge is 0.467 e. The Hall–Kier alpha value is -1.13. The average molecular weight is 219 g/mol. The molecule has 0 radical (unpaired) electrons. The average Bonchev–Trinajstić information content (AvgIpc) is 2.20. The molecule has 3 nitrogen and oxygen atoms in total. The van der Waals surface area contributed by atoms with E-state index >= 15 is 0 Å². The van der Waals surface area contributed by atoms with E-state index in [9.17, 15) is 9.18 Å². The lowest BCUT2D eigenvalue weighted by molar-refractivity contribution is 0.0505. The smallest absolute Gasteiger partial charge is 0.188 e. The molecule has 14 heavy (non-hydrogen) atoms. The lowest BCUT2D eigenvalue weighted by atomic mass is 10.2. The normalized spacial score (nSPS) is 9.93. The standard InChI is InChI=1S/C9H8ClFO3/c1-13-5-14-8-3-2-7(11)9(10)6(8)4-12/h2-4H,5H2,1H3. The lowest BCUT2D eigenvalue weighted by Crippen LogP contribution is -2.02. The summed E-state index contributed by atoms with van der Waals surface area (Å²) in [6.45, 7) is -0.0250. The van der Waals surface area contributed by atoms with E-state index in [0.29, 0.717) is 6.29 Å². The number of methoxy groups -OCH3 is 1. The van der Waals surface area contributed by atoms with Gasteiger partial charge in [0.05, 0.1) is 10.6 Å². The van der Waals surface area contributed by atoms with Gasteiger partial charge in [-0.25, -0.2) is 4.39 Å². The Labute approximate surface area is 85.4 Å². The van der Waals surface area contributed by atoms with E-state index in [1.54, 1.807) is 0 Å². The van der Waals surface area contributed by atoms with Gasteiger partial charge in [-0.1, -0.05) is 11.6 Å². The van der Waals surface area contributed by atoms with Gasteiger partial charge in [0.2, 0.25) is 0 Å². The zero-order chi connectivity index (χ0) is 10.6. The number of aldehydes is 1. The molecule has 0 saturated heterocycles. The number of hydrogen-bond acceptors (Lipinski definition) is 3. The first-order valence-corrected chi connectivity index (χ1v) is 4.13. The van der Waals surface area contributed by atoms with Crippen molar-refractivity contribution in [2.75, 3.05) is 13.9 Å². The molecule has 1 rings (SSSR count). The third-order valence-electron chi connectivity index (χ3n) is 1.54. The molecule has 0 spiro atoms. The Morgan fingerprint density at radius 1 is 1.57 bits per heavy atom. The van der Waals surface area contributed by atoms with Crippen LogP contribution in [-0.2, 0) is 4.74 Å². The van der Waals surface area contributed by atoms with E-state index in [0.717, 1.165) is 6.07 Å². The highest BCUT2D eigenvalue weighted by Crippen LogP contribution is 2.27. The second-order valence-corrected chi connectivity index (χ2v) is 2.82. The molecule has 1 aromatic rings. The first kappa shape index (κ1) is 10.9. The van der Waals surface area contributed by atoms with Crippen molar-refractivity contribution in [1.29, 1.82) is 0 Å². The van der Waals surface area contributed by atoms with Crippen molar-refractivity contribution in [3.8, 4) is 5.75 Å². The molecule has 0 aliphatic carbocycles. The summed E-state index contributed by atoms with van der Waals surface area (Å²) in [5.41, 5.74) is -0.0104. The fourth-order valence-corrected chi connectivity index (χ4v) is 1.11. The van der Waals surface area contributed by atoms with Gasteiger partial charge in [-0.05, 0) is 12.1 Å². The summed E-state index contributed by atoms with van der Waals surface area (Å²) in [5.74, 6) is -0.452. The molecule has 5 heteroatoms. The van der Waals surface area contributed by atoms with Crippen molar-refractivity contribution < 1.29 is 18.7 Å². The van der Waals surface area contributed by atoms with Gasteiger partial charge < -0.3 is 9.47 Å². The Kier molecular flexibility index (Phi) is 3.85. The van der Waals surface area contributed by atoms with Crippen molar-refractivity contribution in [1.82, 2.24) is 0 Å². The maximum atomic E-state index is 12.9. The van der Waals surface area contributed by atoms with E-state index in [1.807, 2.05) is 0 Å². The number of halogens is 2. The van der Waals surface area contributed by atoms with Crippen molar-refractivity contribution in [3.63, 3.8) is 0 Å². The molecule has 76 valence electrons. The van der Waals surface area contributed by atoms with Crippen LogP contribution >= 0.6 is 11.6 Å². The van der Waals surface area contributed by atoms with Gasteiger partial charge in [-0.15, -0.1) is 0 Å². The molecule has 0 N–H and O–H groups in total. The molecule has 0 bridgehead atoms. The fraction of sp³-hybridized carbons (Fsp3) is 0.222. The molecule has 0 saturated carbocycles. The number of hydrogen-bond donors (Lipinski definition) is 0. The van der Waals surface area contributed by atoms with Crippen molar-refractivity contribution in [2.45, 2.75) is 0 Å². The quantitative estimate of drug-likeness (QED) is 0.575. The predicted octanol–water partition coefficient (Wildman–Crippen LogP) is 2.27.